The molecule has 0 radical (unpaired) electrons. The van der Waals surface area contributed by atoms with Crippen molar-refractivity contribution in [1.82, 2.24) is 19.5 Å². The van der Waals surface area contributed by atoms with Gasteiger partial charge in [-0.25, -0.2) is 0 Å². The highest BCUT2D eigenvalue weighted by atomic mass is 16.6. The van der Waals surface area contributed by atoms with Crippen molar-refractivity contribution in [3.05, 3.63) is 30.2 Å². The van der Waals surface area contributed by atoms with E-state index in [9.17, 15) is 4.79 Å². The van der Waals surface area contributed by atoms with Gasteiger partial charge in [-0.3, -0.25) is 9.20 Å². The zero-order valence-electron chi connectivity index (χ0n) is 12.2. The number of rotatable bonds is 2. The summed E-state index contributed by atoms with van der Waals surface area (Å²) in [4.78, 5) is 14.6. The van der Waals surface area contributed by atoms with Crippen molar-refractivity contribution in [2.24, 2.45) is 0 Å². The summed E-state index contributed by atoms with van der Waals surface area (Å²) >= 11 is 0. The lowest BCUT2D eigenvalue weighted by Gasteiger charge is -2.29. The van der Waals surface area contributed by atoms with Gasteiger partial charge >= 0.3 is 0 Å². The Morgan fingerprint density at radius 1 is 1.27 bits per heavy atom. The molecule has 0 N–H and O–H groups in total. The monoisotopic (exact) mass is 302 g/mol. The van der Waals surface area contributed by atoms with Gasteiger partial charge in [-0.1, -0.05) is 6.07 Å². The van der Waals surface area contributed by atoms with Crippen LogP contribution in [0.15, 0.2) is 24.4 Å². The van der Waals surface area contributed by atoms with E-state index in [1.165, 1.54) is 0 Å². The molecule has 116 valence electrons. The number of hydrogen-bond acceptors (Lipinski definition) is 5. The Hall–Kier alpha value is -1.99. The van der Waals surface area contributed by atoms with Crippen molar-refractivity contribution in [3.8, 4) is 0 Å². The molecule has 2 atom stereocenters. The quantitative estimate of drug-likeness (QED) is 0.821. The molecular weight excluding hydrogens is 284 g/mol. The summed E-state index contributed by atoms with van der Waals surface area (Å²) in [5.74, 6) is 0.813. The third-order valence-electron chi connectivity index (χ3n) is 4.27. The van der Waals surface area contributed by atoms with Crippen LogP contribution in [0.4, 0.5) is 0 Å². The maximum atomic E-state index is 12.7. The van der Waals surface area contributed by atoms with E-state index >= 15 is 0 Å². The van der Waals surface area contributed by atoms with Crippen LogP contribution in [0.5, 0.6) is 0 Å². The molecule has 7 nitrogen and oxygen atoms in total. The number of aromatic nitrogens is 3. The normalized spacial score (nSPS) is 25.7. The van der Waals surface area contributed by atoms with Crippen LogP contribution in [0, 0.1) is 0 Å². The lowest BCUT2D eigenvalue weighted by molar-refractivity contribution is -0.159. The van der Waals surface area contributed by atoms with E-state index in [1.54, 1.807) is 0 Å². The molecule has 1 amide bonds. The zero-order valence-corrected chi connectivity index (χ0v) is 12.2. The lowest BCUT2D eigenvalue weighted by Crippen LogP contribution is -2.45. The smallest absolute Gasteiger partial charge is 0.254 e. The van der Waals surface area contributed by atoms with E-state index in [-0.39, 0.29) is 11.9 Å². The predicted octanol–water partition coefficient (Wildman–Crippen LogP) is 0.808. The molecule has 2 fully saturated rings. The van der Waals surface area contributed by atoms with Gasteiger partial charge in [0.1, 0.15) is 0 Å². The summed E-state index contributed by atoms with van der Waals surface area (Å²) < 4.78 is 12.9. The molecule has 2 aliphatic rings. The van der Waals surface area contributed by atoms with Gasteiger partial charge in [-0.05, 0) is 25.0 Å². The fourth-order valence-corrected chi connectivity index (χ4v) is 3.20. The van der Waals surface area contributed by atoms with Gasteiger partial charge < -0.3 is 14.4 Å². The van der Waals surface area contributed by atoms with Crippen molar-refractivity contribution >= 4 is 11.6 Å². The first-order valence-corrected chi connectivity index (χ1v) is 7.64. The van der Waals surface area contributed by atoms with Crippen molar-refractivity contribution in [1.29, 1.82) is 0 Å². The fraction of sp³-hybridized carbons (Fsp3) is 0.533. The number of likely N-dealkylation sites (tertiary alicyclic amines) is 1. The zero-order chi connectivity index (χ0) is 14.9. The Balaban J connectivity index is 1.62. The number of pyridine rings is 1. The lowest BCUT2D eigenvalue weighted by atomic mass is 10.2. The first kappa shape index (κ1) is 13.7. The average molecular weight is 302 g/mol. The van der Waals surface area contributed by atoms with Crippen molar-refractivity contribution in [2.45, 2.75) is 25.0 Å². The van der Waals surface area contributed by atoms with Crippen LogP contribution in [0.25, 0.3) is 5.65 Å². The van der Waals surface area contributed by atoms with Crippen LogP contribution in [-0.4, -0.2) is 57.9 Å². The minimum Gasteiger partial charge on any atom is -0.376 e. The molecular formula is C15H18N4O3. The predicted molar refractivity (Wildman–Crippen MR) is 77.2 cm³/mol. The topological polar surface area (TPSA) is 69.0 Å². The van der Waals surface area contributed by atoms with E-state index in [2.05, 4.69) is 10.2 Å². The summed E-state index contributed by atoms with van der Waals surface area (Å²) in [7, 11) is 0. The minimum atomic E-state index is -0.492. The van der Waals surface area contributed by atoms with E-state index in [0.717, 1.165) is 30.9 Å². The first-order valence-electron chi connectivity index (χ1n) is 7.64. The Bertz CT molecular complexity index is 680. The second kappa shape index (κ2) is 5.66. The number of nitrogens with zero attached hydrogens (tertiary/aromatic N) is 4. The van der Waals surface area contributed by atoms with Crippen molar-refractivity contribution in [3.63, 3.8) is 0 Å². The molecule has 0 aliphatic carbocycles. The number of carbonyl (C=O) groups is 1. The maximum absolute atomic E-state index is 12.7. The van der Waals surface area contributed by atoms with Gasteiger partial charge in [0.2, 0.25) is 0 Å². The molecule has 0 spiro atoms. The minimum absolute atomic E-state index is 0.00474. The Morgan fingerprint density at radius 3 is 3.09 bits per heavy atom. The Kier molecular flexibility index (Phi) is 3.51. The SMILES string of the molecule is O=C([C@@H]1COCCO1)N1CCC[C@@H]1c1nnc2ccccn12. The molecule has 0 bridgehead atoms. The number of fused-ring (bicyclic) bond motifs is 1. The number of amides is 1. The van der Waals surface area contributed by atoms with Gasteiger partial charge in [-0.2, -0.15) is 0 Å². The molecule has 2 saturated heterocycles. The Morgan fingerprint density at radius 2 is 2.23 bits per heavy atom. The molecule has 2 aromatic heterocycles. The summed E-state index contributed by atoms with van der Waals surface area (Å²) in [5.41, 5.74) is 0.800. The highest BCUT2D eigenvalue weighted by Crippen LogP contribution is 2.32. The number of ether oxygens (including phenoxy) is 2. The van der Waals surface area contributed by atoms with E-state index in [1.807, 2.05) is 33.7 Å². The Labute approximate surface area is 127 Å². The van der Waals surface area contributed by atoms with Crippen LogP contribution >= 0.6 is 0 Å². The maximum Gasteiger partial charge on any atom is 0.254 e. The van der Waals surface area contributed by atoms with Crippen LogP contribution < -0.4 is 0 Å². The third-order valence-corrected chi connectivity index (χ3v) is 4.27. The van der Waals surface area contributed by atoms with Gasteiger partial charge in [0, 0.05) is 12.7 Å². The van der Waals surface area contributed by atoms with Gasteiger partial charge in [0.05, 0.1) is 25.9 Å². The van der Waals surface area contributed by atoms with E-state index in [0.29, 0.717) is 19.8 Å². The molecule has 0 unspecified atom stereocenters. The van der Waals surface area contributed by atoms with Crippen LogP contribution in [0.1, 0.15) is 24.7 Å². The fourth-order valence-electron chi connectivity index (χ4n) is 3.20. The largest absolute Gasteiger partial charge is 0.376 e. The summed E-state index contributed by atoms with van der Waals surface area (Å²) in [6, 6.07) is 5.74. The van der Waals surface area contributed by atoms with Crippen LogP contribution in [0.3, 0.4) is 0 Å². The summed E-state index contributed by atoms with van der Waals surface area (Å²) in [6.07, 6.45) is 3.31. The standard InChI is InChI=1S/C15H18N4O3/c20-15(12-10-21-8-9-22-12)18-7-3-4-11(18)14-17-16-13-5-1-2-6-19(13)14/h1-2,5-6,11-12H,3-4,7-10H2/t11-,12+/m1/s1. The molecule has 0 aromatic carbocycles. The molecule has 4 rings (SSSR count). The van der Waals surface area contributed by atoms with Crippen molar-refractivity contribution in [2.75, 3.05) is 26.4 Å². The second-order valence-electron chi connectivity index (χ2n) is 5.61. The van der Waals surface area contributed by atoms with Gasteiger partial charge in [0.15, 0.2) is 17.6 Å². The molecule has 7 heteroatoms. The number of carbonyl (C=O) groups excluding carboxylic acids is 1. The molecule has 4 heterocycles. The first-order chi connectivity index (χ1) is 10.8. The third kappa shape index (κ3) is 2.26. The summed E-state index contributed by atoms with van der Waals surface area (Å²) in [6.45, 7) is 2.10. The van der Waals surface area contributed by atoms with Crippen LogP contribution in [0.2, 0.25) is 0 Å². The van der Waals surface area contributed by atoms with Crippen molar-refractivity contribution < 1.29 is 14.3 Å². The van der Waals surface area contributed by atoms with Gasteiger partial charge in [0.25, 0.3) is 5.91 Å². The number of hydrogen-bond donors (Lipinski definition) is 0. The second-order valence-corrected chi connectivity index (χ2v) is 5.61. The van der Waals surface area contributed by atoms with E-state index < -0.39 is 6.10 Å². The van der Waals surface area contributed by atoms with E-state index in [4.69, 9.17) is 9.47 Å². The highest BCUT2D eigenvalue weighted by Gasteiger charge is 2.37. The molecule has 22 heavy (non-hydrogen) atoms. The van der Waals surface area contributed by atoms with Crippen LogP contribution in [-0.2, 0) is 14.3 Å². The average Bonchev–Trinajstić information content (AvgIpc) is 3.21. The molecule has 2 aliphatic heterocycles. The molecule has 0 saturated carbocycles. The summed E-state index contributed by atoms with van der Waals surface area (Å²) in [5, 5.41) is 8.49. The highest BCUT2D eigenvalue weighted by molar-refractivity contribution is 5.81. The van der Waals surface area contributed by atoms with Gasteiger partial charge in [-0.15, -0.1) is 10.2 Å². The molecule has 2 aromatic rings.